The minimum Gasteiger partial charge on any atom is -0.337 e. The molecule has 1 aliphatic rings. The smallest absolute Gasteiger partial charge is 0.337 e. The normalized spacial score (nSPS) is 16.7. The van der Waals surface area contributed by atoms with Gasteiger partial charge in [0.25, 0.3) is 0 Å². The molecule has 26 heavy (non-hydrogen) atoms. The second-order valence-electron chi connectivity index (χ2n) is 5.95. The molecule has 2 heterocycles. The molecule has 0 unspecified atom stereocenters. The summed E-state index contributed by atoms with van der Waals surface area (Å²) in [5.74, 6) is -0.699. The van der Waals surface area contributed by atoms with E-state index in [1.54, 1.807) is 18.2 Å². The van der Waals surface area contributed by atoms with Gasteiger partial charge in [-0.1, -0.05) is 18.2 Å². The van der Waals surface area contributed by atoms with Gasteiger partial charge in [-0.3, -0.25) is 9.78 Å². The van der Waals surface area contributed by atoms with Crippen molar-refractivity contribution in [1.82, 2.24) is 9.88 Å². The van der Waals surface area contributed by atoms with Crippen molar-refractivity contribution in [2.24, 2.45) is 0 Å². The zero-order chi connectivity index (χ0) is 18.9. The first-order valence-electron chi connectivity index (χ1n) is 7.77. The third kappa shape index (κ3) is 3.87. The van der Waals surface area contributed by atoms with E-state index in [9.17, 15) is 26.4 Å². The summed E-state index contributed by atoms with van der Waals surface area (Å²) in [7, 11) is -3.50. The van der Waals surface area contributed by atoms with Crippen LogP contribution in [-0.4, -0.2) is 36.5 Å². The Hall–Kier alpha value is -2.42. The quantitative estimate of drug-likeness (QED) is 0.798. The molecule has 3 rings (SSSR count). The highest BCUT2D eigenvalue weighted by Gasteiger charge is 2.31. The Morgan fingerprint density at radius 3 is 2.65 bits per heavy atom. The molecule has 1 aliphatic heterocycles. The molecule has 9 heteroatoms. The molecule has 0 spiro atoms. The largest absolute Gasteiger partial charge is 0.416 e. The van der Waals surface area contributed by atoms with Crippen LogP contribution in [0.3, 0.4) is 0 Å². The molecule has 0 fully saturated rings. The van der Waals surface area contributed by atoms with Gasteiger partial charge >= 0.3 is 6.18 Å². The molecule has 0 saturated carbocycles. The lowest BCUT2D eigenvalue weighted by Crippen LogP contribution is -2.34. The van der Waals surface area contributed by atoms with Crippen LogP contribution in [0.5, 0.6) is 0 Å². The Balaban J connectivity index is 1.82. The first-order chi connectivity index (χ1) is 12.2. The highest BCUT2D eigenvalue weighted by Crippen LogP contribution is 2.29. The molecule has 0 N–H and O–H groups in total. The third-order valence-corrected chi connectivity index (χ3v) is 5.92. The molecule has 1 amide bonds. The van der Waals surface area contributed by atoms with E-state index >= 15 is 0 Å². The predicted molar refractivity (Wildman–Crippen MR) is 86.9 cm³/mol. The van der Waals surface area contributed by atoms with Gasteiger partial charge in [-0.05, 0) is 23.8 Å². The Morgan fingerprint density at radius 1 is 1.19 bits per heavy atom. The summed E-state index contributed by atoms with van der Waals surface area (Å²) in [6, 6.07) is 8.08. The van der Waals surface area contributed by atoms with Gasteiger partial charge in [-0.2, -0.15) is 13.2 Å². The van der Waals surface area contributed by atoms with E-state index in [1.165, 1.54) is 11.0 Å². The minimum atomic E-state index is -4.52. The number of aromatic nitrogens is 1. The summed E-state index contributed by atoms with van der Waals surface area (Å²) in [5, 5.41) is 0. The average molecular weight is 384 g/mol. The van der Waals surface area contributed by atoms with E-state index < -0.39 is 27.5 Å². The van der Waals surface area contributed by atoms with Crippen molar-refractivity contribution in [3.8, 4) is 0 Å². The molecule has 1 aromatic heterocycles. The summed E-state index contributed by atoms with van der Waals surface area (Å²) >= 11 is 0. The van der Waals surface area contributed by atoms with Crippen LogP contribution >= 0.6 is 0 Å². The lowest BCUT2D eigenvalue weighted by molar-refractivity contribution is -0.138. The second kappa shape index (κ2) is 6.71. The summed E-state index contributed by atoms with van der Waals surface area (Å²) in [4.78, 5) is 17.9. The molecular formula is C17H15F3N2O3S. The van der Waals surface area contributed by atoms with Crippen molar-refractivity contribution < 1.29 is 26.4 Å². The molecule has 5 nitrogen and oxygen atoms in total. The Kier molecular flexibility index (Phi) is 4.74. The van der Waals surface area contributed by atoms with Crippen LogP contribution in [0, 0.1) is 0 Å². The van der Waals surface area contributed by atoms with Crippen molar-refractivity contribution in [1.29, 1.82) is 0 Å². The summed E-state index contributed by atoms with van der Waals surface area (Å²) in [5.41, 5.74) is -0.389. The first kappa shape index (κ1) is 18.4. The van der Waals surface area contributed by atoms with E-state index in [0.29, 0.717) is 5.56 Å². The number of benzene rings is 1. The number of carbonyl (C=O) groups is 1. The summed E-state index contributed by atoms with van der Waals surface area (Å²) in [6.45, 7) is 0.0714. The van der Waals surface area contributed by atoms with E-state index in [2.05, 4.69) is 4.98 Å². The van der Waals surface area contributed by atoms with Crippen LogP contribution in [0.4, 0.5) is 13.2 Å². The molecule has 138 valence electrons. The van der Waals surface area contributed by atoms with E-state index in [1.807, 2.05) is 0 Å². The maximum atomic E-state index is 12.8. The molecule has 0 aliphatic carbocycles. The third-order valence-electron chi connectivity index (χ3n) is 4.13. The fourth-order valence-corrected chi connectivity index (χ4v) is 4.29. The number of amides is 1. The van der Waals surface area contributed by atoms with Crippen LogP contribution in [0.1, 0.15) is 16.8 Å². The van der Waals surface area contributed by atoms with Crippen molar-refractivity contribution >= 4 is 15.7 Å². The van der Waals surface area contributed by atoms with E-state index in [0.717, 1.165) is 18.3 Å². The van der Waals surface area contributed by atoms with Gasteiger partial charge < -0.3 is 4.90 Å². The fraction of sp³-hybridized carbons (Fsp3) is 0.294. The Bertz CT molecular complexity index is 942. The maximum Gasteiger partial charge on any atom is 0.416 e. The summed E-state index contributed by atoms with van der Waals surface area (Å²) < 4.78 is 62.9. The number of fused-ring (bicyclic) bond motifs is 1. The van der Waals surface area contributed by atoms with Crippen molar-refractivity contribution in [3.63, 3.8) is 0 Å². The number of pyridine rings is 1. The molecule has 0 atom stereocenters. The number of alkyl halides is 3. The molecule has 2 aromatic rings. The zero-order valence-electron chi connectivity index (χ0n) is 13.5. The average Bonchev–Trinajstić information content (AvgIpc) is 2.71. The van der Waals surface area contributed by atoms with E-state index in [-0.39, 0.29) is 35.9 Å². The predicted octanol–water partition coefficient (Wildman–Crippen LogP) is 2.46. The number of halogens is 3. The van der Waals surface area contributed by atoms with Crippen LogP contribution in [0.2, 0.25) is 0 Å². The van der Waals surface area contributed by atoms with Crippen LogP contribution < -0.4 is 0 Å². The van der Waals surface area contributed by atoms with Crippen LogP contribution in [0.15, 0.2) is 47.5 Å². The van der Waals surface area contributed by atoms with Gasteiger partial charge in [0.05, 0.1) is 28.3 Å². The Labute approximate surface area is 148 Å². The highest BCUT2D eigenvalue weighted by atomic mass is 32.2. The first-order valence-corrected chi connectivity index (χ1v) is 9.42. The standard InChI is InChI=1S/C17H15F3N2O3S/c18-17(19,20)13-5-6-21-14(9-13)10-16(23)22-7-8-26(24,25)15-4-2-1-3-12(15)11-22/h1-6,9H,7-8,10-11H2. The molecule has 0 saturated heterocycles. The molecule has 1 aromatic carbocycles. The maximum absolute atomic E-state index is 12.8. The van der Waals surface area contributed by atoms with Gasteiger partial charge in [0.2, 0.25) is 5.91 Å². The van der Waals surface area contributed by atoms with Gasteiger partial charge in [0.1, 0.15) is 0 Å². The monoisotopic (exact) mass is 384 g/mol. The van der Waals surface area contributed by atoms with E-state index in [4.69, 9.17) is 0 Å². The number of sulfone groups is 1. The van der Waals surface area contributed by atoms with Crippen LogP contribution in [-0.2, 0) is 33.8 Å². The lowest BCUT2D eigenvalue weighted by Gasteiger charge is -2.20. The molecule has 0 bridgehead atoms. The molecule has 0 radical (unpaired) electrons. The topological polar surface area (TPSA) is 67.3 Å². The molecular weight excluding hydrogens is 369 g/mol. The van der Waals surface area contributed by atoms with Crippen molar-refractivity contribution in [3.05, 3.63) is 59.4 Å². The fourth-order valence-electron chi connectivity index (χ4n) is 2.79. The number of hydrogen-bond acceptors (Lipinski definition) is 4. The van der Waals surface area contributed by atoms with Gasteiger partial charge in [-0.15, -0.1) is 0 Å². The second-order valence-corrected chi connectivity index (χ2v) is 8.03. The Morgan fingerprint density at radius 2 is 1.92 bits per heavy atom. The van der Waals surface area contributed by atoms with Crippen molar-refractivity contribution in [2.75, 3.05) is 12.3 Å². The number of carbonyl (C=O) groups excluding carboxylic acids is 1. The lowest BCUT2D eigenvalue weighted by atomic mass is 10.1. The highest BCUT2D eigenvalue weighted by molar-refractivity contribution is 7.91. The number of rotatable bonds is 2. The zero-order valence-corrected chi connectivity index (χ0v) is 14.3. The summed E-state index contributed by atoms with van der Waals surface area (Å²) in [6.07, 6.45) is -3.84. The van der Waals surface area contributed by atoms with Gasteiger partial charge in [0.15, 0.2) is 9.84 Å². The van der Waals surface area contributed by atoms with Gasteiger partial charge in [0, 0.05) is 19.3 Å². The number of nitrogens with zero attached hydrogens (tertiary/aromatic N) is 2. The number of hydrogen-bond donors (Lipinski definition) is 0. The van der Waals surface area contributed by atoms with Crippen molar-refractivity contribution in [2.45, 2.75) is 24.0 Å². The van der Waals surface area contributed by atoms with Gasteiger partial charge in [-0.25, -0.2) is 8.42 Å². The van der Waals surface area contributed by atoms with Crippen LogP contribution in [0.25, 0.3) is 0 Å². The minimum absolute atomic E-state index is 0.00906. The SMILES string of the molecule is O=C(Cc1cc(C(F)(F)F)ccn1)N1CCS(=O)(=O)c2ccccc2C1.